The fourth-order valence-electron chi connectivity index (χ4n) is 6.45. The molecule has 4 nitrogen and oxygen atoms in total. The number of benzene rings is 1. The Morgan fingerprint density at radius 3 is 2.15 bits per heavy atom. The van der Waals surface area contributed by atoms with E-state index < -0.39 is 0 Å². The van der Waals surface area contributed by atoms with Crippen LogP contribution in [0.4, 0.5) is 5.69 Å². The molecule has 0 atom stereocenters. The van der Waals surface area contributed by atoms with E-state index in [1.807, 2.05) is 29.2 Å². The van der Waals surface area contributed by atoms with E-state index in [2.05, 4.69) is 5.32 Å². The van der Waals surface area contributed by atoms with E-state index in [-0.39, 0.29) is 17.4 Å². The molecule has 1 saturated heterocycles. The number of carbonyl (C=O) groups excluding carboxylic acids is 2. The minimum absolute atomic E-state index is 0.0489. The van der Waals surface area contributed by atoms with Gasteiger partial charge in [0.25, 0.3) is 5.91 Å². The van der Waals surface area contributed by atoms with Crippen LogP contribution in [0.1, 0.15) is 68.1 Å². The molecule has 26 heavy (non-hydrogen) atoms. The van der Waals surface area contributed by atoms with E-state index in [0.717, 1.165) is 42.8 Å². The molecule has 1 aromatic rings. The summed E-state index contributed by atoms with van der Waals surface area (Å²) in [4.78, 5) is 26.8. The lowest BCUT2D eigenvalue weighted by molar-refractivity contribution is -0.119. The Labute approximate surface area is 155 Å². The molecule has 0 radical (unpaired) electrons. The minimum Gasteiger partial charge on any atom is -0.347 e. The largest absolute Gasteiger partial charge is 0.347 e. The molecule has 1 N–H and O–H groups in total. The van der Waals surface area contributed by atoms with E-state index >= 15 is 0 Å². The molecular weight excluding hydrogens is 324 g/mol. The van der Waals surface area contributed by atoms with Gasteiger partial charge in [0.05, 0.1) is 0 Å². The maximum absolute atomic E-state index is 12.9. The molecule has 6 rings (SSSR count). The van der Waals surface area contributed by atoms with Crippen molar-refractivity contribution in [2.45, 2.75) is 63.3 Å². The maximum Gasteiger partial charge on any atom is 0.251 e. The van der Waals surface area contributed by atoms with Gasteiger partial charge in [0.15, 0.2) is 0 Å². The van der Waals surface area contributed by atoms with Crippen LogP contribution in [0, 0.1) is 17.8 Å². The normalized spacial score (nSPS) is 35.6. The minimum atomic E-state index is 0.0489. The molecule has 0 aromatic heterocycles. The molecule has 1 heterocycles. The Balaban J connectivity index is 1.29. The van der Waals surface area contributed by atoms with Crippen LogP contribution in [0.3, 0.4) is 0 Å². The lowest BCUT2D eigenvalue weighted by atomic mass is 9.53. The molecule has 4 saturated carbocycles. The number of amides is 2. The summed E-state index contributed by atoms with van der Waals surface area (Å²) in [6, 6.07) is 7.62. The average Bonchev–Trinajstić information content (AvgIpc) is 2.61. The number of hydrogen-bond donors (Lipinski definition) is 1. The van der Waals surface area contributed by atoms with Crippen molar-refractivity contribution in [3.05, 3.63) is 29.8 Å². The van der Waals surface area contributed by atoms with Gasteiger partial charge in [0.1, 0.15) is 0 Å². The fourth-order valence-corrected chi connectivity index (χ4v) is 6.45. The molecule has 5 fully saturated rings. The number of nitrogens with zero attached hydrogens (tertiary/aromatic N) is 1. The van der Waals surface area contributed by atoms with Crippen molar-refractivity contribution < 1.29 is 9.59 Å². The van der Waals surface area contributed by atoms with Gasteiger partial charge < -0.3 is 10.2 Å². The monoisotopic (exact) mass is 352 g/mol. The molecule has 1 aliphatic heterocycles. The van der Waals surface area contributed by atoms with Gasteiger partial charge in [0, 0.05) is 29.8 Å². The Kier molecular flexibility index (Phi) is 3.84. The van der Waals surface area contributed by atoms with Gasteiger partial charge in [-0.2, -0.15) is 0 Å². The quantitative estimate of drug-likeness (QED) is 0.897. The molecule has 1 aromatic carbocycles. The molecule has 2 amide bonds. The first-order valence-corrected chi connectivity index (χ1v) is 10.3. The van der Waals surface area contributed by atoms with Crippen LogP contribution in [0.25, 0.3) is 0 Å². The van der Waals surface area contributed by atoms with E-state index in [0.29, 0.717) is 12.0 Å². The summed E-state index contributed by atoms with van der Waals surface area (Å²) in [6.45, 7) is 0.789. The molecule has 5 aliphatic rings. The summed E-state index contributed by atoms with van der Waals surface area (Å²) < 4.78 is 0. The summed E-state index contributed by atoms with van der Waals surface area (Å²) in [5.74, 6) is 2.74. The van der Waals surface area contributed by atoms with Crippen molar-refractivity contribution in [1.82, 2.24) is 5.32 Å². The highest BCUT2D eigenvalue weighted by Gasteiger charge is 2.51. The third-order valence-corrected chi connectivity index (χ3v) is 7.18. The summed E-state index contributed by atoms with van der Waals surface area (Å²) >= 11 is 0. The molecule has 4 heteroatoms. The SMILES string of the molecule is O=C(NC12CC3CC(CC(C3)C1)C2)c1ccc(N2CCCCC2=O)cc1. The topological polar surface area (TPSA) is 49.4 Å². The fraction of sp³-hybridized carbons (Fsp3) is 0.636. The van der Waals surface area contributed by atoms with Gasteiger partial charge in [-0.15, -0.1) is 0 Å². The standard InChI is InChI=1S/C22H28N2O2/c25-20-3-1-2-8-24(20)19-6-4-18(5-7-19)21(26)23-22-12-15-9-16(13-22)11-17(10-15)14-22/h4-7,15-17H,1-3,8-14H2,(H,23,26). The van der Waals surface area contributed by atoms with Crippen LogP contribution < -0.4 is 10.2 Å². The summed E-state index contributed by atoms with van der Waals surface area (Å²) in [6.07, 6.45) is 10.3. The van der Waals surface area contributed by atoms with Crippen molar-refractivity contribution in [2.75, 3.05) is 11.4 Å². The second-order valence-electron chi connectivity index (χ2n) is 9.20. The Bertz CT molecular complexity index is 689. The van der Waals surface area contributed by atoms with Gasteiger partial charge in [0.2, 0.25) is 5.91 Å². The molecule has 4 bridgehead atoms. The zero-order valence-corrected chi connectivity index (χ0v) is 15.4. The van der Waals surface area contributed by atoms with Gasteiger partial charge in [-0.1, -0.05) is 0 Å². The highest BCUT2D eigenvalue weighted by Crippen LogP contribution is 2.55. The molecule has 4 aliphatic carbocycles. The average molecular weight is 352 g/mol. The predicted molar refractivity (Wildman–Crippen MR) is 101 cm³/mol. The van der Waals surface area contributed by atoms with E-state index in [1.54, 1.807) is 0 Å². The van der Waals surface area contributed by atoms with Gasteiger partial charge in [-0.3, -0.25) is 9.59 Å². The molecule has 0 unspecified atom stereocenters. The van der Waals surface area contributed by atoms with Gasteiger partial charge in [-0.05, 0) is 93.4 Å². The molecule has 138 valence electrons. The lowest BCUT2D eigenvalue weighted by Gasteiger charge is -2.56. The predicted octanol–water partition coefficient (Wildman–Crippen LogP) is 3.90. The van der Waals surface area contributed by atoms with Crippen molar-refractivity contribution in [3.8, 4) is 0 Å². The third-order valence-electron chi connectivity index (χ3n) is 7.18. The van der Waals surface area contributed by atoms with Crippen LogP contribution in [0.15, 0.2) is 24.3 Å². The summed E-state index contributed by atoms with van der Waals surface area (Å²) in [5, 5.41) is 3.43. The van der Waals surface area contributed by atoms with Crippen LogP contribution in [0.2, 0.25) is 0 Å². The molecular formula is C22H28N2O2. The lowest BCUT2D eigenvalue weighted by Crippen LogP contribution is -2.59. The Hall–Kier alpha value is -1.84. The summed E-state index contributed by atoms with van der Waals surface area (Å²) in [7, 11) is 0. The summed E-state index contributed by atoms with van der Waals surface area (Å²) in [5.41, 5.74) is 1.68. The highest BCUT2D eigenvalue weighted by molar-refractivity contribution is 5.97. The smallest absolute Gasteiger partial charge is 0.251 e. The third kappa shape index (κ3) is 2.83. The van der Waals surface area contributed by atoms with Crippen LogP contribution in [-0.4, -0.2) is 23.9 Å². The first-order valence-electron chi connectivity index (χ1n) is 10.3. The Morgan fingerprint density at radius 1 is 0.962 bits per heavy atom. The van der Waals surface area contributed by atoms with Crippen LogP contribution in [-0.2, 0) is 4.79 Å². The molecule has 0 spiro atoms. The van der Waals surface area contributed by atoms with E-state index in [4.69, 9.17) is 0 Å². The van der Waals surface area contributed by atoms with Gasteiger partial charge >= 0.3 is 0 Å². The number of carbonyl (C=O) groups is 2. The maximum atomic E-state index is 12.9. The number of anilines is 1. The van der Waals surface area contributed by atoms with Crippen molar-refractivity contribution in [2.24, 2.45) is 17.8 Å². The second-order valence-corrected chi connectivity index (χ2v) is 9.20. The Morgan fingerprint density at radius 2 is 1.58 bits per heavy atom. The zero-order valence-electron chi connectivity index (χ0n) is 15.4. The number of piperidine rings is 1. The number of nitrogens with one attached hydrogen (secondary N) is 1. The van der Waals surface area contributed by atoms with Crippen molar-refractivity contribution >= 4 is 17.5 Å². The van der Waals surface area contributed by atoms with Crippen LogP contribution >= 0.6 is 0 Å². The number of rotatable bonds is 3. The van der Waals surface area contributed by atoms with Crippen molar-refractivity contribution in [3.63, 3.8) is 0 Å². The first kappa shape index (κ1) is 16.3. The highest BCUT2D eigenvalue weighted by atomic mass is 16.2. The van der Waals surface area contributed by atoms with E-state index in [9.17, 15) is 9.59 Å². The zero-order chi connectivity index (χ0) is 17.7. The first-order chi connectivity index (χ1) is 12.6. The van der Waals surface area contributed by atoms with Crippen LogP contribution in [0.5, 0.6) is 0 Å². The second kappa shape index (κ2) is 6.11. The van der Waals surface area contributed by atoms with Gasteiger partial charge in [-0.25, -0.2) is 0 Å². The van der Waals surface area contributed by atoms with E-state index in [1.165, 1.54) is 38.5 Å². The van der Waals surface area contributed by atoms with Crippen molar-refractivity contribution in [1.29, 1.82) is 0 Å². The number of hydrogen-bond acceptors (Lipinski definition) is 2.